The average molecular weight is 666 g/mol. The minimum Gasteiger partial charge on any atom is -0.382 e. The number of aromatic nitrogens is 6. The Labute approximate surface area is 280 Å². The zero-order valence-corrected chi connectivity index (χ0v) is 26.9. The molecule has 0 bridgehead atoms. The van der Waals surface area contributed by atoms with Crippen LogP contribution in [0.2, 0.25) is 0 Å². The van der Waals surface area contributed by atoms with Gasteiger partial charge in [-0.1, -0.05) is 18.2 Å². The highest BCUT2D eigenvalue weighted by Crippen LogP contribution is 2.33. The van der Waals surface area contributed by atoms with Crippen molar-refractivity contribution in [2.45, 2.75) is 45.5 Å². The Morgan fingerprint density at radius 2 is 1.71 bits per heavy atom. The van der Waals surface area contributed by atoms with Crippen molar-refractivity contribution in [3.05, 3.63) is 118 Å². The number of hydrogen-bond acceptors (Lipinski definition) is 8. The van der Waals surface area contributed by atoms with Crippen LogP contribution in [0.3, 0.4) is 0 Å². The van der Waals surface area contributed by atoms with Crippen LogP contribution in [0.25, 0.3) is 27.8 Å². The van der Waals surface area contributed by atoms with Crippen molar-refractivity contribution in [3.8, 4) is 16.8 Å². The molecule has 10 nitrogen and oxygen atoms in total. The van der Waals surface area contributed by atoms with E-state index in [4.69, 9.17) is 0 Å². The van der Waals surface area contributed by atoms with Gasteiger partial charge in [-0.15, -0.1) is 0 Å². The van der Waals surface area contributed by atoms with E-state index in [1.807, 2.05) is 37.3 Å². The summed E-state index contributed by atoms with van der Waals surface area (Å²) in [6.07, 6.45) is 2.38. The van der Waals surface area contributed by atoms with Gasteiger partial charge >= 0.3 is 6.18 Å². The fraction of sp³-hybridized carbons (Fsp3) is 0.250. The summed E-state index contributed by atoms with van der Waals surface area (Å²) < 4.78 is 45.3. The van der Waals surface area contributed by atoms with Crippen molar-refractivity contribution in [2.24, 2.45) is 0 Å². The molecular formula is C36H34F3N9O. The lowest BCUT2D eigenvalue weighted by Gasteiger charge is -2.24. The number of fused-ring (bicyclic) bond motifs is 1. The number of halogens is 3. The van der Waals surface area contributed by atoms with Crippen LogP contribution < -0.4 is 21.5 Å². The van der Waals surface area contributed by atoms with Gasteiger partial charge in [0.05, 0.1) is 35.2 Å². The number of aryl methyl sites for hydroxylation is 1. The van der Waals surface area contributed by atoms with E-state index in [2.05, 4.69) is 36.0 Å². The number of hydrogen-bond donors (Lipinski definition) is 3. The first-order chi connectivity index (χ1) is 23.7. The molecule has 0 spiro atoms. The summed E-state index contributed by atoms with van der Waals surface area (Å²) in [4.78, 5) is 27.8. The molecule has 1 aliphatic rings. The lowest BCUT2D eigenvalue weighted by Crippen LogP contribution is -2.35. The van der Waals surface area contributed by atoms with Crippen LogP contribution in [0.5, 0.6) is 0 Å². The molecule has 0 saturated carbocycles. The quantitative estimate of drug-likeness (QED) is 0.166. The summed E-state index contributed by atoms with van der Waals surface area (Å²) in [7, 11) is 0. The van der Waals surface area contributed by atoms with Gasteiger partial charge in [-0.25, -0.2) is 9.67 Å². The third kappa shape index (κ3) is 6.61. The van der Waals surface area contributed by atoms with Gasteiger partial charge in [0.1, 0.15) is 5.65 Å². The van der Waals surface area contributed by atoms with Crippen molar-refractivity contribution < 1.29 is 13.2 Å². The van der Waals surface area contributed by atoms with Crippen LogP contribution in [0.4, 0.5) is 30.5 Å². The molecule has 7 rings (SSSR count). The lowest BCUT2D eigenvalue weighted by atomic mass is 10.0. The lowest BCUT2D eigenvalue weighted by molar-refractivity contribution is -0.138. The Kier molecular flexibility index (Phi) is 8.59. The second kappa shape index (κ2) is 13.2. The number of nitrogens with one attached hydrogen (secondary N) is 3. The molecular weight excluding hydrogens is 631 g/mol. The van der Waals surface area contributed by atoms with E-state index in [-0.39, 0.29) is 29.3 Å². The monoisotopic (exact) mass is 665 g/mol. The average Bonchev–Trinajstić information content (AvgIpc) is 3.40. The van der Waals surface area contributed by atoms with E-state index in [0.717, 1.165) is 43.4 Å². The molecule has 0 unspecified atom stereocenters. The van der Waals surface area contributed by atoms with Gasteiger partial charge in [-0.05, 0) is 93.9 Å². The predicted molar refractivity (Wildman–Crippen MR) is 183 cm³/mol. The second-order valence-electron chi connectivity index (χ2n) is 12.1. The third-order valence-corrected chi connectivity index (χ3v) is 8.78. The van der Waals surface area contributed by atoms with Crippen LogP contribution in [0.1, 0.15) is 35.4 Å². The van der Waals surface area contributed by atoms with Crippen LogP contribution in [0, 0.1) is 13.8 Å². The van der Waals surface area contributed by atoms with E-state index < -0.39 is 17.3 Å². The van der Waals surface area contributed by atoms with E-state index in [1.54, 1.807) is 42.3 Å². The maximum Gasteiger partial charge on any atom is 0.416 e. The predicted octanol–water partition coefficient (Wildman–Crippen LogP) is 6.63. The van der Waals surface area contributed by atoms with Crippen LogP contribution in [0.15, 0.2) is 90.1 Å². The molecule has 5 heterocycles. The molecule has 2 aromatic carbocycles. The van der Waals surface area contributed by atoms with Crippen molar-refractivity contribution in [1.29, 1.82) is 0 Å². The standard InChI is InChI=1S/C36H34F3N9O/c1-22-32(23(2)48(46-22)29-7-5-15-41-20-29)30-18-25-19-42-35(44-27-11-9-26(10-12-27)43-28-13-16-40-17-14-28)45-33(25)47(34(30)49)21-24-6-3-4-8-31(24)36(37,38)39/h3-12,15,18-20,28,40,43H,13-14,16-17,21H2,1-2H3,(H,42,44,45). The van der Waals surface area contributed by atoms with E-state index in [0.29, 0.717) is 34.1 Å². The zero-order valence-electron chi connectivity index (χ0n) is 26.9. The second-order valence-corrected chi connectivity index (χ2v) is 12.1. The summed E-state index contributed by atoms with van der Waals surface area (Å²) >= 11 is 0. The fourth-order valence-corrected chi connectivity index (χ4v) is 6.39. The Balaban J connectivity index is 1.30. The molecule has 1 saturated heterocycles. The zero-order chi connectivity index (χ0) is 34.1. The number of benzene rings is 2. The van der Waals surface area contributed by atoms with Gasteiger partial charge in [0.15, 0.2) is 0 Å². The van der Waals surface area contributed by atoms with Gasteiger partial charge in [0.2, 0.25) is 5.95 Å². The van der Waals surface area contributed by atoms with Crippen molar-refractivity contribution in [2.75, 3.05) is 23.7 Å². The Hall–Kier alpha value is -5.56. The normalized spacial score (nSPS) is 13.9. The number of nitrogens with zero attached hydrogens (tertiary/aromatic N) is 6. The van der Waals surface area contributed by atoms with E-state index in [9.17, 15) is 18.0 Å². The van der Waals surface area contributed by atoms with E-state index in [1.165, 1.54) is 22.8 Å². The highest BCUT2D eigenvalue weighted by Gasteiger charge is 2.33. The van der Waals surface area contributed by atoms with Crippen molar-refractivity contribution in [1.82, 2.24) is 34.6 Å². The number of piperidine rings is 1. The van der Waals surface area contributed by atoms with Gasteiger partial charge in [0.25, 0.3) is 5.56 Å². The molecule has 3 N–H and O–H groups in total. The molecule has 6 aromatic rings. The minimum atomic E-state index is -4.61. The van der Waals surface area contributed by atoms with Gasteiger partial charge in [-0.2, -0.15) is 23.3 Å². The molecule has 250 valence electrons. The summed E-state index contributed by atoms with van der Waals surface area (Å²) in [5, 5.41) is 15.3. The third-order valence-electron chi connectivity index (χ3n) is 8.78. The van der Waals surface area contributed by atoms with Crippen molar-refractivity contribution >= 4 is 28.4 Å². The molecule has 1 fully saturated rings. The molecule has 13 heteroatoms. The minimum absolute atomic E-state index is 0.0555. The number of alkyl halides is 3. The highest BCUT2D eigenvalue weighted by atomic mass is 19.4. The smallest absolute Gasteiger partial charge is 0.382 e. The van der Waals surface area contributed by atoms with Gasteiger partial charge in [0, 0.05) is 46.5 Å². The first-order valence-electron chi connectivity index (χ1n) is 16.0. The molecule has 49 heavy (non-hydrogen) atoms. The molecule has 0 radical (unpaired) electrons. The largest absolute Gasteiger partial charge is 0.416 e. The van der Waals surface area contributed by atoms with Crippen LogP contribution >= 0.6 is 0 Å². The number of anilines is 3. The van der Waals surface area contributed by atoms with Gasteiger partial charge in [-0.3, -0.25) is 14.3 Å². The highest BCUT2D eigenvalue weighted by molar-refractivity contribution is 5.83. The summed E-state index contributed by atoms with van der Waals surface area (Å²) in [5.74, 6) is 0.202. The molecule has 4 aromatic heterocycles. The number of rotatable bonds is 8. The Morgan fingerprint density at radius 1 is 0.959 bits per heavy atom. The molecule has 0 atom stereocenters. The molecule has 0 amide bonds. The maximum atomic E-state index is 14.4. The fourth-order valence-electron chi connectivity index (χ4n) is 6.39. The first kappa shape index (κ1) is 32.0. The molecule has 1 aliphatic heterocycles. The Bertz CT molecular complexity index is 2170. The Morgan fingerprint density at radius 3 is 2.45 bits per heavy atom. The summed E-state index contributed by atoms with van der Waals surface area (Å²) in [6.45, 7) is 5.24. The van der Waals surface area contributed by atoms with Crippen LogP contribution in [-0.4, -0.2) is 48.4 Å². The van der Waals surface area contributed by atoms with Gasteiger partial charge < -0.3 is 16.0 Å². The first-order valence-corrected chi connectivity index (χ1v) is 16.0. The topological polar surface area (TPSA) is 115 Å². The van der Waals surface area contributed by atoms with Crippen molar-refractivity contribution in [3.63, 3.8) is 0 Å². The van der Waals surface area contributed by atoms with E-state index >= 15 is 0 Å². The SMILES string of the molecule is Cc1nn(-c2cccnc2)c(C)c1-c1cc2cnc(Nc3ccc(NC4CCNCC4)cc3)nc2n(Cc2ccccc2C(F)(F)F)c1=O. The number of pyridine rings is 2. The van der Waals surface area contributed by atoms with Crippen LogP contribution in [-0.2, 0) is 12.7 Å². The summed E-state index contributed by atoms with van der Waals surface area (Å²) in [6, 6.07) is 18.7. The summed E-state index contributed by atoms with van der Waals surface area (Å²) in [5.41, 5.74) is 3.38. The maximum absolute atomic E-state index is 14.4. The molecule has 0 aliphatic carbocycles.